The average molecular weight is 116 g/mol. The van der Waals surface area contributed by atoms with Gasteiger partial charge >= 0.3 is 7.12 Å². The maximum atomic E-state index is 8.33. The van der Waals surface area contributed by atoms with Gasteiger partial charge in [0.15, 0.2) is 5.66 Å². The van der Waals surface area contributed by atoms with Crippen LogP contribution < -0.4 is 0 Å². The number of hydrogen-bond donors (Lipinski definition) is 2. The van der Waals surface area contributed by atoms with Crippen molar-refractivity contribution < 1.29 is 19.8 Å². The van der Waals surface area contributed by atoms with Crippen LogP contribution in [0.2, 0.25) is 0 Å². The predicted molar refractivity (Wildman–Crippen MR) is 25.3 cm³/mol. The Hall–Kier alpha value is -0.515. The number of hydrogen-bond acceptors (Lipinski definition) is 4. The summed E-state index contributed by atoms with van der Waals surface area (Å²) < 4.78 is 0. The van der Waals surface area contributed by atoms with Gasteiger partial charge in [0.2, 0.25) is 0 Å². The van der Waals surface area contributed by atoms with Crippen molar-refractivity contribution in [3.05, 3.63) is 11.7 Å². The van der Waals surface area contributed by atoms with Crippen molar-refractivity contribution in [1.29, 1.82) is 0 Å². The minimum atomic E-state index is -1.54. The van der Waals surface area contributed by atoms with E-state index >= 15 is 0 Å². The lowest BCUT2D eigenvalue weighted by Crippen LogP contribution is -2.14. The highest BCUT2D eigenvalue weighted by atomic mass is 17.2. The van der Waals surface area contributed by atoms with Gasteiger partial charge in [-0.25, -0.2) is 0 Å². The van der Waals surface area contributed by atoms with Gasteiger partial charge in [0.1, 0.15) is 6.61 Å². The molecule has 0 aromatic rings. The third kappa shape index (κ3) is 1.00. The van der Waals surface area contributed by atoms with E-state index in [9.17, 15) is 0 Å². The topological polar surface area (TPSA) is 58.9 Å². The third-order valence-electron chi connectivity index (χ3n) is 0.762. The lowest BCUT2D eigenvalue weighted by atomic mass is 9.88. The number of rotatable bonds is 1. The molecule has 1 aliphatic heterocycles. The summed E-state index contributed by atoms with van der Waals surface area (Å²) in [5, 5.41) is 16.7. The SMILES string of the molecule is OB(O)C1=CCOO1. The first-order chi connectivity index (χ1) is 3.80. The second kappa shape index (κ2) is 2.17. The van der Waals surface area contributed by atoms with Gasteiger partial charge in [0.05, 0.1) is 0 Å². The molecule has 0 bridgehead atoms. The highest BCUT2D eigenvalue weighted by Crippen LogP contribution is 2.05. The summed E-state index contributed by atoms with van der Waals surface area (Å²) in [4.78, 5) is 8.58. The molecule has 0 fully saturated rings. The van der Waals surface area contributed by atoms with Crippen LogP contribution in [0.3, 0.4) is 0 Å². The van der Waals surface area contributed by atoms with Crippen LogP contribution in [0.5, 0.6) is 0 Å². The van der Waals surface area contributed by atoms with E-state index in [0.29, 0.717) is 0 Å². The molecule has 1 rings (SSSR count). The van der Waals surface area contributed by atoms with Crippen LogP contribution >= 0.6 is 0 Å². The van der Waals surface area contributed by atoms with E-state index in [-0.39, 0.29) is 12.3 Å². The third-order valence-corrected chi connectivity index (χ3v) is 0.762. The molecule has 5 heteroatoms. The molecule has 44 valence electrons. The largest absolute Gasteiger partial charge is 0.529 e. The molecular weight excluding hydrogens is 111 g/mol. The first-order valence-corrected chi connectivity index (χ1v) is 2.16. The summed E-state index contributed by atoms with van der Waals surface area (Å²) in [7, 11) is -1.54. The van der Waals surface area contributed by atoms with Crippen molar-refractivity contribution in [3.8, 4) is 0 Å². The monoisotopic (exact) mass is 116 g/mol. The molecule has 0 amide bonds. The van der Waals surface area contributed by atoms with Crippen LogP contribution in [-0.2, 0) is 9.78 Å². The Morgan fingerprint density at radius 3 is 2.62 bits per heavy atom. The fourth-order valence-corrected chi connectivity index (χ4v) is 0.401. The van der Waals surface area contributed by atoms with E-state index in [4.69, 9.17) is 10.0 Å². The van der Waals surface area contributed by atoms with Gasteiger partial charge in [-0.15, -0.1) is 0 Å². The minimum absolute atomic E-state index is 0.0602. The summed E-state index contributed by atoms with van der Waals surface area (Å²) in [6.45, 7) is 0.285. The molecule has 8 heavy (non-hydrogen) atoms. The molecule has 1 aliphatic rings. The highest BCUT2D eigenvalue weighted by Gasteiger charge is 2.20. The zero-order valence-electron chi connectivity index (χ0n) is 4.07. The van der Waals surface area contributed by atoms with Gasteiger partial charge in [-0.05, 0) is 6.08 Å². The lowest BCUT2D eigenvalue weighted by Gasteiger charge is -1.95. The Balaban J connectivity index is 2.45. The van der Waals surface area contributed by atoms with Crippen molar-refractivity contribution in [3.63, 3.8) is 0 Å². The first kappa shape index (κ1) is 5.62. The average Bonchev–Trinajstić information content (AvgIpc) is 2.12. The molecule has 0 unspecified atom stereocenters. The molecule has 0 radical (unpaired) electrons. The summed E-state index contributed by atoms with van der Waals surface area (Å²) in [5.74, 6) is 0. The van der Waals surface area contributed by atoms with E-state index in [2.05, 4.69) is 9.78 Å². The van der Waals surface area contributed by atoms with Crippen molar-refractivity contribution >= 4 is 7.12 Å². The van der Waals surface area contributed by atoms with Gasteiger partial charge < -0.3 is 14.9 Å². The Kier molecular flexibility index (Phi) is 1.52. The minimum Gasteiger partial charge on any atom is -0.421 e. The molecule has 2 N–H and O–H groups in total. The van der Waals surface area contributed by atoms with Crippen molar-refractivity contribution in [2.75, 3.05) is 6.61 Å². The zero-order valence-corrected chi connectivity index (χ0v) is 4.07. The summed E-state index contributed by atoms with van der Waals surface area (Å²) >= 11 is 0. The standard InChI is InChI=1S/C3H5BO4/c5-4(6)3-1-2-7-8-3/h1,5-6H,2H2. The van der Waals surface area contributed by atoms with Gasteiger partial charge in [-0.3, -0.25) is 0 Å². The Labute approximate surface area is 46.4 Å². The molecule has 0 aromatic heterocycles. The Morgan fingerprint density at radius 2 is 2.38 bits per heavy atom. The molecule has 0 saturated carbocycles. The second-order valence-electron chi connectivity index (χ2n) is 1.35. The Bertz CT molecular complexity index is 110. The van der Waals surface area contributed by atoms with E-state index in [1.54, 1.807) is 0 Å². The molecule has 0 atom stereocenters. The molecule has 0 spiro atoms. The van der Waals surface area contributed by atoms with Crippen LogP contribution in [0.15, 0.2) is 11.7 Å². The van der Waals surface area contributed by atoms with Gasteiger partial charge in [0, 0.05) is 0 Å². The van der Waals surface area contributed by atoms with Gasteiger partial charge in [-0.2, -0.15) is 4.89 Å². The first-order valence-electron chi connectivity index (χ1n) is 2.16. The normalized spacial score (nSPS) is 17.5. The van der Waals surface area contributed by atoms with Crippen LogP contribution in [0.25, 0.3) is 0 Å². The maximum Gasteiger partial charge on any atom is 0.529 e. The summed E-state index contributed by atoms with van der Waals surface area (Å²) in [5.41, 5.74) is 0.0602. The van der Waals surface area contributed by atoms with Crippen LogP contribution in [0.1, 0.15) is 0 Å². The summed E-state index contributed by atoms with van der Waals surface area (Å²) in [6.07, 6.45) is 1.45. The van der Waals surface area contributed by atoms with Crippen molar-refractivity contribution in [1.82, 2.24) is 0 Å². The molecule has 1 heterocycles. The molecule has 0 aliphatic carbocycles. The van der Waals surface area contributed by atoms with Crippen LogP contribution in [-0.4, -0.2) is 23.8 Å². The quantitative estimate of drug-likeness (QED) is 0.335. The summed E-state index contributed by atoms with van der Waals surface area (Å²) in [6, 6.07) is 0. The maximum absolute atomic E-state index is 8.33. The van der Waals surface area contributed by atoms with Crippen molar-refractivity contribution in [2.24, 2.45) is 0 Å². The van der Waals surface area contributed by atoms with Gasteiger partial charge in [0.25, 0.3) is 0 Å². The molecular formula is C3H5BO4. The second-order valence-corrected chi connectivity index (χ2v) is 1.35. The smallest absolute Gasteiger partial charge is 0.421 e. The molecule has 0 aromatic carbocycles. The van der Waals surface area contributed by atoms with Crippen LogP contribution in [0.4, 0.5) is 0 Å². The molecule has 0 saturated heterocycles. The lowest BCUT2D eigenvalue weighted by molar-refractivity contribution is -0.229. The Morgan fingerprint density at radius 1 is 1.62 bits per heavy atom. The zero-order chi connectivity index (χ0) is 5.98. The fourth-order valence-electron chi connectivity index (χ4n) is 0.401. The van der Waals surface area contributed by atoms with E-state index < -0.39 is 7.12 Å². The van der Waals surface area contributed by atoms with Crippen molar-refractivity contribution in [2.45, 2.75) is 0 Å². The van der Waals surface area contributed by atoms with Gasteiger partial charge in [-0.1, -0.05) is 0 Å². The van der Waals surface area contributed by atoms with Crippen LogP contribution in [0, 0.1) is 0 Å². The van der Waals surface area contributed by atoms with E-state index in [1.807, 2.05) is 0 Å². The van der Waals surface area contributed by atoms with E-state index in [0.717, 1.165) is 0 Å². The highest BCUT2D eigenvalue weighted by molar-refractivity contribution is 6.49. The molecule has 4 nitrogen and oxygen atoms in total. The van der Waals surface area contributed by atoms with E-state index in [1.165, 1.54) is 6.08 Å². The predicted octanol–water partition coefficient (Wildman–Crippen LogP) is -1.16. The fraction of sp³-hybridized carbons (Fsp3) is 0.333.